The Kier molecular flexibility index (Phi) is 6.75. The summed E-state index contributed by atoms with van der Waals surface area (Å²) in [5.74, 6) is -1.57. The van der Waals surface area contributed by atoms with Crippen molar-refractivity contribution in [3.63, 3.8) is 0 Å². The molecule has 0 aromatic heterocycles. The van der Waals surface area contributed by atoms with Gasteiger partial charge in [-0.15, -0.1) is 0 Å². The molecule has 0 heterocycles. The second kappa shape index (κ2) is 8.63. The second-order valence-corrected chi connectivity index (χ2v) is 3.74. The molecule has 7 heteroatoms. The van der Waals surface area contributed by atoms with Crippen molar-refractivity contribution >= 4 is 17.5 Å². The minimum absolute atomic E-state index is 0.0902. The number of rotatable bonds is 6. The average Bonchev–Trinajstić information content (AvgIpc) is 2.47. The number of nitrogens with one attached hydrogen (secondary N) is 2. The normalized spacial score (nSPS) is 9.60. The topological polar surface area (TPSA) is 111 Å². The van der Waals surface area contributed by atoms with E-state index in [9.17, 15) is 9.59 Å². The fourth-order valence-electron chi connectivity index (χ4n) is 1.30. The Morgan fingerprint density at radius 3 is 2.50 bits per heavy atom. The van der Waals surface area contributed by atoms with E-state index in [-0.39, 0.29) is 26.4 Å². The highest BCUT2D eigenvalue weighted by atomic mass is 16.5. The molecule has 7 nitrogen and oxygen atoms in total. The van der Waals surface area contributed by atoms with Crippen molar-refractivity contribution in [2.45, 2.75) is 0 Å². The first-order valence-electron chi connectivity index (χ1n) is 5.95. The SMILES string of the molecule is N#Cc1ccc(NC(=O)C(=O)NCCOCCO)cc1. The monoisotopic (exact) mass is 277 g/mol. The Morgan fingerprint density at radius 1 is 1.20 bits per heavy atom. The minimum atomic E-state index is -0.795. The maximum absolute atomic E-state index is 11.5. The van der Waals surface area contributed by atoms with Gasteiger partial charge in [0.15, 0.2) is 0 Å². The van der Waals surface area contributed by atoms with E-state index in [1.54, 1.807) is 0 Å². The first-order chi connectivity index (χ1) is 9.67. The van der Waals surface area contributed by atoms with Crippen LogP contribution in [0.2, 0.25) is 0 Å². The van der Waals surface area contributed by atoms with Gasteiger partial charge in [-0.2, -0.15) is 5.26 Å². The third-order valence-corrected chi connectivity index (χ3v) is 2.25. The highest BCUT2D eigenvalue weighted by Crippen LogP contribution is 2.08. The van der Waals surface area contributed by atoms with E-state index < -0.39 is 11.8 Å². The molecule has 106 valence electrons. The van der Waals surface area contributed by atoms with Gasteiger partial charge in [-0.05, 0) is 24.3 Å². The predicted molar refractivity (Wildman–Crippen MR) is 70.7 cm³/mol. The molecule has 20 heavy (non-hydrogen) atoms. The lowest BCUT2D eigenvalue weighted by atomic mass is 10.2. The molecule has 0 atom stereocenters. The zero-order chi connectivity index (χ0) is 14.8. The zero-order valence-corrected chi connectivity index (χ0v) is 10.8. The third kappa shape index (κ3) is 5.48. The molecule has 3 N–H and O–H groups in total. The number of carbonyl (C=O) groups is 2. The Labute approximate surface area is 116 Å². The van der Waals surface area contributed by atoms with Gasteiger partial charge in [-0.1, -0.05) is 0 Å². The summed E-state index contributed by atoms with van der Waals surface area (Å²) in [5.41, 5.74) is 0.897. The van der Waals surface area contributed by atoms with Crippen LogP contribution in [-0.4, -0.2) is 43.3 Å². The number of nitrogens with zero attached hydrogens (tertiary/aromatic N) is 1. The summed E-state index contributed by atoms with van der Waals surface area (Å²) in [6.45, 7) is 0.497. The molecular weight excluding hydrogens is 262 g/mol. The summed E-state index contributed by atoms with van der Waals surface area (Å²) < 4.78 is 4.93. The zero-order valence-electron chi connectivity index (χ0n) is 10.8. The summed E-state index contributed by atoms with van der Waals surface area (Å²) in [7, 11) is 0. The third-order valence-electron chi connectivity index (χ3n) is 2.25. The minimum Gasteiger partial charge on any atom is -0.394 e. The quantitative estimate of drug-likeness (QED) is 0.485. The van der Waals surface area contributed by atoms with Crippen LogP contribution < -0.4 is 10.6 Å². The molecule has 0 spiro atoms. The first-order valence-corrected chi connectivity index (χ1v) is 5.95. The van der Waals surface area contributed by atoms with Crippen molar-refractivity contribution in [3.8, 4) is 6.07 Å². The Morgan fingerprint density at radius 2 is 1.90 bits per heavy atom. The molecule has 1 rings (SSSR count). The van der Waals surface area contributed by atoms with Gasteiger partial charge >= 0.3 is 11.8 Å². The van der Waals surface area contributed by atoms with E-state index >= 15 is 0 Å². The van der Waals surface area contributed by atoms with Crippen molar-refractivity contribution < 1.29 is 19.4 Å². The molecular formula is C13H15N3O4. The number of amides is 2. The highest BCUT2D eigenvalue weighted by Gasteiger charge is 2.12. The lowest BCUT2D eigenvalue weighted by molar-refractivity contribution is -0.136. The van der Waals surface area contributed by atoms with Gasteiger partial charge in [-0.25, -0.2) is 0 Å². The second-order valence-electron chi connectivity index (χ2n) is 3.74. The standard InChI is InChI=1S/C13H15N3O4/c14-9-10-1-3-11(4-2-10)16-13(19)12(18)15-5-7-20-8-6-17/h1-4,17H,5-8H2,(H,15,18)(H,16,19). The van der Waals surface area contributed by atoms with E-state index in [1.165, 1.54) is 24.3 Å². The van der Waals surface area contributed by atoms with Gasteiger partial charge in [0.05, 0.1) is 31.5 Å². The van der Waals surface area contributed by atoms with Crippen LogP contribution in [0.3, 0.4) is 0 Å². The van der Waals surface area contributed by atoms with Crippen LogP contribution in [-0.2, 0) is 14.3 Å². The van der Waals surface area contributed by atoms with Gasteiger partial charge in [0.25, 0.3) is 0 Å². The molecule has 0 aliphatic heterocycles. The number of ether oxygens (including phenoxy) is 1. The summed E-state index contributed by atoms with van der Waals surface area (Å²) in [6.07, 6.45) is 0. The number of carbonyl (C=O) groups excluding carboxylic acids is 2. The number of benzene rings is 1. The highest BCUT2D eigenvalue weighted by molar-refractivity contribution is 6.39. The van der Waals surface area contributed by atoms with Crippen LogP contribution in [0.5, 0.6) is 0 Å². The van der Waals surface area contributed by atoms with Crippen LogP contribution in [0.15, 0.2) is 24.3 Å². The van der Waals surface area contributed by atoms with Crippen molar-refractivity contribution in [2.75, 3.05) is 31.7 Å². The maximum atomic E-state index is 11.5. The molecule has 0 aliphatic carbocycles. The van der Waals surface area contributed by atoms with Crippen molar-refractivity contribution in [1.82, 2.24) is 5.32 Å². The van der Waals surface area contributed by atoms with Crippen molar-refractivity contribution in [1.29, 1.82) is 5.26 Å². The molecule has 0 bridgehead atoms. The van der Waals surface area contributed by atoms with Gasteiger partial charge in [-0.3, -0.25) is 9.59 Å². The molecule has 0 fully saturated rings. The molecule has 2 amide bonds. The van der Waals surface area contributed by atoms with Gasteiger partial charge in [0, 0.05) is 12.2 Å². The summed E-state index contributed by atoms with van der Waals surface area (Å²) in [5, 5.41) is 21.9. The number of anilines is 1. The average molecular weight is 277 g/mol. The van der Waals surface area contributed by atoms with Gasteiger partial charge in [0.1, 0.15) is 0 Å². The molecule has 1 aromatic rings. The number of aliphatic hydroxyl groups excluding tert-OH is 1. The number of hydrogen-bond donors (Lipinski definition) is 3. The van der Waals surface area contributed by atoms with E-state index in [0.717, 1.165) is 0 Å². The summed E-state index contributed by atoms with van der Waals surface area (Å²) in [4.78, 5) is 22.9. The number of hydrogen-bond acceptors (Lipinski definition) is 5. The molecule has 1 aromatic carbocycles. The molecule has 0 unspecified atom stereocenters. The van der Waals surface area contributed by atoms with Crippen molar-refractivity contribution in [3.05, 3.63) is 29.8 Å². The number of nitriles is 1. The summed E-state index contributed by atoms with van der Waals surface area (Å²) in [6, 6.07) is 8.10. The fourth-order valence-corrected chi connectivity index (χ4v) is 1.30. The lowest BCUT2D eigenvalue weighted by Crippen LogP contribution is -2.37. The van der Waals surface area contributed by atoms with Gasteiger partial charge in [0.2, 0.25) is 0 Å². The van der Waals surface area contributed by atoms with Crippen LogP contribution in [0.4, 0.5) is 5.69 Å². The van der Waals surface area contributed by atoms with Crippen LogP contribution in [0.25, 0.3) is 0 Å². The van der Waals surface area contributed by atoms with Crippen molar-refractivity contribution in [2.24, 2.45) is 0 Å². The van der Waals surface area contributed by atoms with Gasteiger partial charge < -0.3 is 20.5 Å². The molecule has 0 aliphatic rings. The summed E-state index contributed by atoms with van der Waals surface area (Å²) >= 11 is 0. The van der Waals surface area contributed by atoms with E-state index in [0.29, 0.717) is 11.3 Å². The Hall–Kier alpha value is -2.43. The molecule has 0 saturated carbocycles. The largest absolute Gasteiger partial charge is 0.394 e. The molecule has 0 saturated heterocycles. The lowest BCUT2D eigenvalue weighted by Gasteiger charge is -2.06. The van der Waals surface area contributed by atoms with Crippen LogP contribution in [0.1, 0.15) is 5.56 Å². The van der Waals surface area contributed by atoms with E-state index in [1.807, 2.05) is 6.07 Å². The van der Waals surface area contributed by atoms with Crippen LogP contribution in [0, 0.1) is 11.3 Å². The van der Waals surface area contributed by atoms with E-state index in [4.69, 9.17) is 15.1 Å². The maximum Gasteiger partial charge on any atom is 0.313 e. The number of aliphatic hydroxyl groups is 1. The smallest absolute Gasteiger partial charge is 0.313 e. The Bertz CT molecular complexity index is 493. The first kappa shape index (κ1) is 15.6. The Balaban J connectivity index is 2.34. The molecule has 0 radical (unpaired) electrons. The van der Waals surface area contributed by atoms with Crippen LogP contribution >= 0.6 is 0 Å². The van der Waals surface area contributed by atoms with E-state index in [2.05, 4.69) is 10.6 Å². The fraction of sp³-hybridized carbons (Fsp3) is 0.308. The predicted octanol–water partition coefficient (Wildman–Crippen LogP) is -0.378.